The average molecular weight is 250 g/mol. The normalized spacial score (nSPS) is 10.3. The quantitative estimate of drug-likeness (QED) is 0.655. The fourth-order valence-corrected chi connectivity index (χ4v) is 1.62. The summed E-state index contributed by atoms with van der Waals surface area (Å²) < 4.78 is 5.59. The molecule has 0 saturated carbocycles. The molecule has 18 heavy (non-hydrogen) atoms. The molecule has 0 spiro atoms. The van der Waals surface area contributed by atoms with Crippen molar-refractivity contribution in [2.45, 2.75) is 26.2 Å². The van der Waals surface area contributed by atoms with Crippen LogP contribution in [0.2, 0.25) is 0 Å². The lowest BCUT2D eigenvalue weighted by molar-refractivity contribution is -0.118. The molecule has 0 atom stereocenters. The molecule has 100 valence electrons. The predicted molar refractivity (Wildman–Crippen MR) is 72.6 cm³/mol. The number of nitrogens with one attached hydrogen (secondary N) is 1. The number of unbranched alkanes of at least 4 members (excludes halogenated alkanes) is 1. The number of nitrogens with two attached hydrogens (primary N) is 1. The summed E-state index contributed by atoms with van der Waals surface area (Å²) in [4.78, 5) is 10.5. The first kappa shape index (κ1) is 14.5. The van der Waals surface area contributed by atoms with Gasteiger partial charge in [0.1, 0.15) is 12.4 Å². The first-order valence-electron chi connectivity index (χ1n) is 6.37. The molecule has 4 heteroatoms. The summed E-state index contributed by atoms with van der Waals surface area (Å²) in [6.45, 7) is 4.40. The van der Waals surface area contributed by atoms with E-state index >= 15 is 0 Å². The molecule has 0 bridgehead atoms. The van der Waals surface area contributed by atoms with Crippen LogP contribution < -0.4 is 15.8 Å². The third-order valence-corrected chi connectivity index (χ3v) is 2.56. The molecule has 3 N–H and O–H groups in total. The van der Waals surface area contributed by atoms with Gasteiger partial charge in [-0.1, -0.05) is 12.1 Å². The van der Waals surface area contributed by atoms with Crippen molar-refractivity contribution in [3.63, 3.8) is 0 Å². The van der Waals surface area contributed by atoms with Gasteiger partial charge >= 0.3 is 0 Å². The number of carbonyl (C=O) groups is 1. The Morgan fingerprint density at radius 2 is 2.17 bits per heavy atom. The molecule has 0 radical (unpaired) electrons. The van der Waals surface area contributed by atoms with Crippen LogP contribution in [0.4, 0.5) is 0 Å². The second-order valence-corrected chi connectivity index (χ2v) is 4.34. The van der Waals surface area contributed by atoms with E-state index in [1.807, 2.05) is 31.2 Å². The summed E-state index contributed by atoms with van der Waals surface area (Å²) in [7, 11) is 0. The molecule has 1 aromatic rings. The van der Waals surface area contributed by atoms with Gasteiger partial charge in [0.05, 0.1) is 0 Å². The molecule has 0 aromatic heterocycles. The van der Waals surface area contributed by atoms with Crippen LogP contribution in [0.3, 0.4) is 0 Å². The van der Waals surface area contributed by atoms with Crippen molar-refractivity contribution in [3.8, 4) is 5.75 Å². The van der Waals surface area contributed by atoms with E-state index in [2.05, 4.69) is 5.32 Å². The zero-order valence-corrected chi connectivity index (χ0v) is 10.9. The SMILES string of the molecule is Cc1cccc(OCCNCCCCC(N)=O)c1. The molecule has 1 rings (SSSR count). The van der Waals surface area contributed by atoms with Gasteiger partial charge in [-0.2, -0.15) is 0 Å². The summed E-state index contributed by atoms with van der Waals surface area (Å²) in [5.41, 5.74) is 6.25. The van der Waals surface area contributed by atoms with E-state index < -0.39 is 0 Å². The third kappa shape index (κ3) is 6.91. The minimum atomic E-state index is -0.224. The highest BCUT2D eigenvalue weighted by Gasteiger charge is 1.95. The predicted octanol–water partition coefficient (Wildman–Crippen LogP) is 1.62. The van der Waals surface area contributed by atoms with Gasteiger partial charge in [0, 0.05) is 13.0 Å². The van der Waals surface area contributed by atoms with E-state index in [0.29, 0.717) is 13.0 Å². The Labute approximate surface area is 109 Å². The van der Waals surface area contributed by atoms with Gasteiger partial charge in [0.2, 0.25) is 5.91 Å². The zero-order valence-electron chi connectivity index (χ0n) is 10.9. The van der Waals surface area contributed by atoms with Crippen molar-refractivity contribution in [2.24, 2.45) is 5.73 Å². The van der Waals surface area contributed by atoms with Crippen LogP contribution in [0, 0.1) is 6.92 Å². The van der Waals surface area contributed by atoms with Crippen molar-refractivity contribution in [3.05, 3.63) is 29.8 Å². The number of benzene rings is 1. The second kappa shape index (κ2) is 8.53. The fraction of sp³-hybridized carbons (Fsp3) is 0.500. The standard InChI is InChI=1S/C14H22N2O2/c1-12-5-4-6-13(11-12)18-10-9-16-8-3-2-7-14(15)17/h4-6,11,16H,2-3,7-10H2,1H3,(H2,15,17). The highest BCUT2D eigenvalue weighted by molar-refractivity contribution is 5.73. The van der Waals surface area contributed by atoms with Crippen LogP contribution in [-0.4, -0.2) is 25.6 Å². The Balaban J connectivity index is 1.97. The Bertz CT molecular complexity index is 367. The number of hydrogen-bond donors (Lipinski definition) is 2. The molecule has 4 nitrogen and oxygen atoms in total. The third-order valence-electron chi connectivity index (χ3n) is 2.56. The summed E-state index contributed by atoms with van der Waals surface area (Å²) in [5, 5.41) is 3.27. The molecular formula is C14H22N2O2. The van der Waals surface area contributed by atoms with Gasteiger partial charge in [0.15, 0.2) is 0 Å². The monoisotopic (exact) mass is 250 g/mol. The van der Waals surface area contributed by atoms with E-state index in [-0.39, 0.29) is 5.91 Å². The minimum absolute atomic E-state index is 0.224. The zero-order chi connectivity index (χ0) is 13.2. The molecule has 0 heterocycles. The summed E-state index contributed by atoms with van der Waals surface area (Å²) in [6, 6.07) is 8.01. The largest absolute Gasteiger partial charge is 0.492 e. The highest BCUT2D eigenvalue weighted by atomic mass is 16.5. The lowest BCUT2D eigenvalue weighted by atomic mass is 10.2. The van der Waals surface area contributed by atoms with Gasteiger partial charge in [-0.25, -0.2) is 0 Å². The van der Waals surface area contributed by atoms with Crippen molar-refractivity contribution in [1.82, 2.24) is 5.32 Å². The maximum atomic E-state index is 10.5. The van der Waals surface area contributed by atoms with E-state index in [0.717, 1.165) is 31.7 Å². The number of amides is 1. The van der Waals surface area contributed by atoms with Crippen molar-refractivity contribution < 1.29 is 9.53 Å². The van der Waals surface area contributed by atoms with Gasteiger partial charge in [-0.05, 0) is 44.0 Å². The fourth-order valence-electron chi connectivity index (χ4n) is 1.62. The number of ether oxygens (including phenoxy) is 1. The number of rotatable bonds is 9. The van der Waals surface area contributed by atoms with Crippen LogP contribution in [0.15, 0.2) is 24.3 Å². The molecule has 0 aliphatic carbocycles. The summed E-state index contributed by atoms with van der Waals surface area (Å²) in [6.07, 6.45) is 2.29. The number of carbonyl (C=O) groups excluding carboxylic acids is 1. The van der Waals surface area contributed by atoms with E-state index in [1.54, 1.807) is 0 Å². The Morgan fingerprint density at radius 1 is 1.33 bits per heavy atom. The first-order valence-corrected chi connectivity index (χ1v) is 6.37. The minimum Gasteiger partial charge on any atom is -0.492 e. The van der Waals surface area contributed by atoms with E-state index in [1.165, 1.54) is 5.56 Å². The van der Waals surface area contributed by atoms with Crippen LogP contribution in [0.25, 0.3) is 0 Å². The average Bonchev–Trinajstić information content (AvgIpc) is 2.32. The molecule has 0 aliphatic heterocycles. The van der Waals surface area contributed by atoms with Crippen LogP contribution in [-0.2, 0) is 4.79 Å². The van der Waals surface area contributed by atoms with Crippen LogP contribution in [0.5, 0.6) is 5.75 Å². The molecular weight excluding hydrogens is 228 g/mol. The summed E-state index contributed by atoms with van der Waals surface area (Å²) >= 11 is 0. The molecule has 0 fully saturated rings. The molecule has 0 unspecified atom stereocenters. The second-order valence-electron chi connectivity index (χ2n) is 4.34. The maximum Gasteiger partial charge on any atom is 0.217 e. The number of primary amides is 1. The molecule has 0 aliphatic rings. The van der Waals surface area contributed by atoms with Crippen molar-refractivity contribution in [1.29, 1.82) is 0 Å². The Hall–Kier alpha value is -1.55. The van der Waals surface area contributed by atoms with Crippen molar-refractivity contribution in [2.75, 3.05) is 19.7 Å². The van der Waals surface area contributed by atoms with Gasteiger partial charge in [-0.3, -0.25) is 4.79 Å². The Morgan fingerprint density at radius 3 is 2.89 bits per heavy atom. The Kier molecular flexibility index (Phi) is 6.87. The summed E-state index contributed by atoms with van der Waals surface area (Å²) in [5.74, 6) is 0.684. The molecule has 1 amide bonds. The lowest BCUT2D eigenvalue weighted by Crippen LogP contribution is -2.22. The first-order chi connectivity index (χ1) is 8.68. The number of hydrogen-bond acceptors (Lipinski definition) is 3. The van der Waals surface area contributed by atoms with Crippen LogP contribution in [0.1, 0.15) is 24.8 Å². The highest BCUT2D eigenvalue weighted by Crippen LogP contribution is 2.11. The van der Waals surface area contributed by atoms with Gasteiger partial charge < -0.3 is 15.8 Å². The molecule has 0 saturated heterocycles. The van der Waals surface area contributed by atoms with Crippen molar-refractivity contribution >= 4 is 5.91 Å². The van der Waals surface area contributed by atoms with Gasteiger partial charge in [-0.15, -0.1) is 0 Å². The van der Waals surface area contributed by atoms with E-state index in [9.17, 15) is 4.79 Å². The lowest BCUT2D eigenvalue weighted by Gasteiger charge is -2.07. The number of aryl methyl sites for hydroxylation is 1. The topological polar surface area (TPSA) is 64.3 Å². The van der Waals surface area contributed by atoms with Gasteiger partial charge in [0.25, 0.3) is 0 Å². The van der Waals surface area contributed by atoms with E-state index in [4.69, 9.17) is 10.5 Å². The maximum absolute atomic E-state index is 10.5. The smallest absolute Gasteiger partial charge is 0.217 e. The molecule has 1 aromatic carbocycles. The van der Waals surface area contributed by atoms with Crippen LogP contribution >= 0.6 is 0 Å².